The first-order chi connectivity index (χ1) is 12.1. The van der Waals surface area contributed by atoms with Crippen molar-refractivity contribution in [3.63, 3.8) is 0 Å². The van der Waals surface area contributed by atoms with Crippen molar-refractivity contribution in [2.24, 2.45) is 0 Å². The van der Waals surface area contributed by atoms with E-state index in [0.29, 0.717) is 23.9 Å². The van der Waals surface area contributed by atoms with Crippen LogP contribution in [0.3, 0.4) is 0 Å². The van der Waals surface area contributed by atoms with Crippen LogP contribution in [0.5, 0.6) is 0 Å². The lowest BCUT2D eigenvalue weighted by atomic mass is 10.5. The average Bonchev–Trinajstić information content (AvgIpc) is 2.57. The number of rotatable bonds is 9. The Morgan fingerprint density at radius 3 is 2.46 bits per heavy atom. The summed E-state index contributed by atoms with van der Waals surface area (Å²) < 4.78 is 65.5. The summed E-state index contributed by atoms with van der Waals surface area (Å²) >= 11 is 1.21. The fraction of sp³-hybridized carbons (Fsp3) is 0.571. The van der Waals surface area contributed by atoms with Crippen molar-refractivity contribution in [2.75, 3.05) is 32.0 Å². The van der Waals surface area contributed by atoms with Gasteiger partial charge in [-0.2, -0.15) is 17.5 Å². The Bertz CT molecular complexity index is 678. The molecule has 12 heteroatoms. The molecular weight excluding hydrogens is 395 g/mol. The summed E-state index contributed by atoms with van der Waals surface area (Å²) in [6, 6.07) is 2.97. The summed E-state index contributed by atoms with van der Waals surface area (Å²) in [7, 11) is -3.58. The smallest absolute Gasteiger partial charge is 0.422 e. The van der Waals surface area contributed by atoms with Gasteiger partial charge in [-0.25, -0.2) is 18.2 Å². The van der Waals surface area contributed by atoms with Crippen molar-refractivity contribution in [1.82, 2.24) is 14.6 Å². The van der Waals surface area contributed by atoms with Crippen LogP contribution in [0.15, 0.2) is 28.3 Å². The van der Waals surface area contributed by atoms with Crippen LogP contribution in [0, 0.1) is 0 Å². The highest BCUT2D eigenvalue weighted by Gasteiger charge is 2.29. The molecule has 0 spiro atoms. The van der Waals surface area contributed by atoms with Gasteiger partial charge in [-0.05, 0) is 12.1 Å². The van der Waals surface area contributed by atoms with Gasteiger partial charge in [0.1, 0.15) is 4.90 Å². The third kappa shape index (κ3) is 7.38. The number of carbonyl (C=O) groups is 1. The van der Waals surface area contributed by atoms with Gasteiger partial charge in [0.2, 0.25) is 10.0 Å². The Morgan fingerprint density at radius 1 is 1.31 bits per heavy atom. The van der Waals surface area contributed by atoms with Gasteiger partial charge in [-0.15, -0.1) is 11.8 Å². The summed E-state index contributed by atoms with van der Waals surface area (Å²) in [5, 5.41) is 2.70. The molecule has 0 saturated carbocycles. The van der Waals surface area contributed by atoms with Gasteiger partial charge in [0.05, 0.1) is 5.03 Å². The number of amides is 1. The highest BCUT2D eigenvalue weighted by molar-refractivity contribution is 7.99. The predicted octanol–water partition coefficient (Wildman–Crippen LogP) is 2.49. The number of hydrogen-bond acceptors (Lipinski definition) is 6. The zero-order valence-corrected chi connectivity index (χ0v) is 15.9. The van der Waals surface area contributed by atoms with Crippen LogP contribution in [0.2, 0.25) is 0 Å². The largest absolute Gasteiger partial charge is 0.440 e. The lowest BCUT2D eigenvalue weighted by Gasteiger charge is -2.18. The van der Waals surface area contributed by atoms with Crippen LogP contribution in [-0.4, -0.2) is 62.0 Å². The summed E-state index contributed by atoms with van der Waals surface area (Å²) in [6.07, 6.45) is -4.47. The van der Waals surface area contributed by atoms with E-state index in [0.717, 1.165) is 0 Å². The summed E-state index contributed by atoms with van der Waals surface area (Å²) in [4.78, 5) is 15.2. The monoisotopic (exact) mass is 415 g/mol. The van der Waals surface area contributed by atoms with Gasteiger partial charge in [-0.3, -0.25) is 0 Å². The van der Waals surface area contributed by atoms with Crippen molar-refractivity contribution in [3.05, 3.63) is 18.3 Å². The number of sulfonamides is 1. The van der Waals surface area contributed by atoms with Crippen LogP contribution in [0.1, 0.15) is 13.8 Å². The number of thioether (sulfide) groups is 1. The molecule has 0 unspecified atom stereocenters. The second kappa shape index (κ2) is 9.97. The summed E-state index contributed by atoms with van der Waals surface area (Å²) in [5.41, 5.74) is 0. The lowest BCUT2D eigenvalue weighted by Crippen LogP contribution is -2.30. The lowest BCUT2D eigenvalue weighted by molar-refractivity contribution is -0.160. The standard InChI is InChI=1S/C14H20F3N3O4S2/c1-3-20(4-2)26(22,23)11-5-6-12(19-9-11)25-8-7-18-13(21)24-10-14(15,16)17/h5-6,9H,3-4,7-8,10H2,1-2H3,(H,18,21). The number of hydrogen-bond donors (Lipinski definition) is 1. The minimum Gasteiger partial charge on any atom is -0.440 e. The molecule has 1 aromatic heterocycles. The van der Waals surface area contributed by atoms with Crippen molar-refractivity contribution >= 4 is 27.9 Å². The minimum absolute atomic E-state index is 0.0720. The molecule has 0 aromatic carbocycles. The highest BCUT2D eigenvalue weighted by atomic mass is 32.2. The van der Waals surface area contributed by atoms with E-state index in [9.17, 15) is 26.4 Å². The number of carbonyl (C=O) groups excluding carboxylic acids is 1. The van der Waals surface area contributed by atoms with Crippen LogP contribution in [0.25, 0.3) is 0 Å². The van der Waals surface area contributed by atoms with Gasteiger partial charge in [0.15, 0.2) is 6.61 Å². The van der Waals surface area contributed by atoms with Crippen LogP contribution in [0.4, 0.5) is 18.0 Å². The Kier molecular flexibility index (Phi) is 8.63. The van der Waals surface area contributed by atoms with E-state index in [1.807, 2.05) is 0 Å². The van der Waals surface area contributed by atoms with Gasteiger partial charge in [0.25, 0.3) is 0 Å². The van der Waals surface area contributed by atoms with E-state index >= 15 is 0 Å². The molecule has 0 atom stereocenters. The summed E-state index contributed by atoms with van der Waals surface area (Å²) in [6.45, 7) is 2.62. The number of alkyl carbamates (subject to hydrolysis) is 1. The number of ether oxygens (including phenoxy) is 1. The first-order valence-electron chi connectivity index (χ1n) is 7.66. The van der Waals surface area contributed by atoms with E-state index in [1.165, 1.54) is 34.4 Å². The molecular formula is C14H20F3N3O4S2. The van der Waals surface area contributed by atoms with Gasteiger partial charge >= 0.3 is 12.3 Å². The second-order valence-electron chi connectivity index (χ2n) is 4.89. The van der Waals surface area contributed by atoms with Gasteiger partial charge in [0, 0.05) is 31.6 Å². The first kappa shape index (κ1) is 22.5. The molecule has 1 N–H and O–H groups in total. The predicted molar refractivity (Wildman–Crippen MR) is 90.5 cm³/mol. The molecule has 7 nitrogen and oxygen atoms in total. The normalized spacial score (nSPS) is 12.2. The van der Waals surface area contributed by atoms with Gasteiger partial charge in [-0.1, -0.05) is 13.8 Å². The average molecular weight is 415 g/mol. The molecule has 1 aromatic rings. The molecule has 0 saturated heterocycles. The molecule has 0 aliphatic rings. The molecule has 26 heavy (non-hydrogen) atoms. The SMILES string of the molecule is CCN(CC)S(=O)(=O)c1ccc(SCCNC(=O)OCC(F)(F)F)nc1. The fourth-order valence-electron chi connectivity index (χ4n) is 1.82. The molecule has 1 amide bonds. The van der Waals surface area contributed by atoms with Crippen molar-refractivity contribution in [2.45, 2.75) is 29.9 Å². The number of alkyl halides is 3. The molecule has 148 valence electrons. The van der Waals surface area contributed by atoms with E-state index in [-0.39, 0.29) is 11.4 Å². The zero-order valence-electron chi connectivity index (χ0n) is 14.2. The third-order valence-electron chi connectivity index (χ3n) is 3.04. The topological polar surface area (TPSA) is 88.6 Å². The quantitative estimate of drug-likeness (QED) is 0.492. The minimum atomic E-state index is -4.57. The maximum absolute atomic E-state index is 12.3. The van der Waals surface area contributed by atoms with Crippen molar-refractivity contribution < 1.29 is 31.1 Å². The molecule has 1 heterocycles. The maximum atomic E-state index is 12.3. The number of aromatic nitrogens is 1. The van der Waals surface area contributed by atoms with Crippen molar-refractivity contribution in [3.8, 4) is 0 Å². The number of halogens is 3. The Labute approximate surface area is 154 Å². The van der Waals surface area contributed by atoms with Crippen LogP contribution >= 0.6 is 11.8 Å². The van der Waals surface area contributed by atoms with E-state index in [2.05, 4.69) is 15.0 Å². The van der Waals surface area contributed by atoms with Gasteiger partial charge < -0.3 is 10.1 Å². The van der Waals surface area contributed by atoms with E-state index < -0.39 is 28.9 Å². The second-order valence-corrected chi connectivity index (χ2v) is 7.94. The molecule has 0 bridgehead atoms. The van der Waals surface area contributed by atoms with Crippen LogP contribution in [-0.2, 0) is 14.8 Å². The maximum Gasteiger partial charge on any atom is 0.422 e. The highest BCUT2D eigenvalue weighted by Crippen LogP contribution is 2.19. The van der Waals surface area contributed by atoms with Crippen LogP contribution < -0.4 is 5.32 Å². The number of pyridine rings is 1. The zero-order chi connectivity index (χ0) is 19.8. The summed E-state index contributed by atoms with van der Waals surface area (Å²) in [5.74, 6) is 0.330. The first-order valence-corrected chi connectivity index (χ1v) is 10.1. The van der Waals surface area contributed by atoms with Crippen molar-refractivity contribution in [1.29, 1.82) is 0 Å². The number of nitrogens with one attached hydrogen (secondary N) is 1. The molecule has 1 rings (SSSR count). The number of nitrogens with zero attached hydrogens (tertiary/aromatic N) is 2. The Hall–Kier alpha value is -1.53. The molecule has 0 radical (unpaired) electrons. The third-order valence-corrected chi connectivity index (χ3v) is 6.02. The Balaban J connectivity index is 2.45. The Morgan fingerprint density at radius 2 is 1.96 bits per heavy atom. The molecule has 0 aliphatic heterocycles. The van der Waals surface area contributed by atoms with E-state index in [4.69, 9.17) is 0 Å². The fourth-order valence-corrected chi connectivity index (χ4v) is 3.93. The van der Waals surface area contributed by atoms with E-state index in [1.54, 1.807) is 13.8 Å². The molecule has 0 aliphatic carbocycles. The molecule has 0 fully saturated rings.